The smallest absolute Gasteiger partial charge is 0.337 e. The Bertz CT molecular complexity index is 286. The number of amides is 2. The van der Waals surface area contributed by atoms with Crippen molar-refractivity contribution in [2.75, 3.05) is 19.8 Å². The lowest BCUT2D eigenvalue weighted by Crippen LogP contribution is -2.52. The largest absolute Gasteiger partial charge is 0.479 e. The molecule has 1 fully saturated rings. The first-order valence-corrected chi connectivity index (χ1v) is 5.50. The van der Waals surface area contributed by atoms with Gasteiger partial charge in [-0.15, -0.1) is 0 Å². The Kier molecular flexibility index (Phi) is 4.71. The summed E-state index contributed by atoms with van der Waals surface area (Å²) >= 11 is 0. The van der Waals surface area contributed by atoms with Crippen molar-refractivity contribution in [1.29, 1.82) is 0 Å². The van der Waals surface area contributed by atoms with Crippen LogP contribution in [0, 0.1) is 0 Å². The number of rotatable bonds is 4. The van der Waals surface area contributed by atoms with Gasteiger partial charge in [0.05, 0.1) is 19.2 Å². The van der Waals surface area contributed by atoms with E-state index in [4.69, 9.17) is 9.84 Å². The van der Waals surface area contributed by atoms with E-state index in [-0.39, 0.29) is 12.6 Å². The summed E-state index contributed by atoms with van der Waals surface area (Å²) in [5.41, 5.74) is -1.96. The monoisotopic (exact) mass is 246 g/mol. The molecule has 0 spiro atoms. The summed E-state index contributed by atoms with van der Waals surface area (Å²) in [6.07, 6.45) is 1.72. The summed E-state index contributed by atoms with van der Waals surface area (Å²) in [4.78, 5) is 22.0. The number of hydrogen-bond donors (Lipinski definition) is 4. The lowest BCUT2D eigenvalue weighted by Gasteiger charge is -2.24. The number of ether oxygens (including phenoxy) is 1. The predicted molar refractivity (Wildman–Crippen MR) is 58.6 cm³/mol. The zero-order valence-corrected chi connectivity index (χ0v) is 9.73. The molecule has 0 aromatic rings. The normalized spacial score (nSPS) is 23.5. The van der Waals surface area contributed by atoms with Crippen LogP contribution in [0.5, 0.6) is 0 Å². The lowest BCUT2D eigenvalue weighted by atomic mass is 10.1. The molecule has 0 aromatic heterocycles. The third-order valence-corrected chi connectivity index (χ3v) is 2.55. The maximum Gasteiger partial charge on any atom is 0.337 e. The highest BCUT2D eigenvalue weighted by molar-refractivity contribution is 5.79. The minimum atomic E-state index is -1.96. The second kappa shape index (κ2) is 5.83. The number of nitrogens with one attached hydrogen (secondary N) is 2. The van der Waals surface area contributed by atoms with Gasteiger partial charge in [0, 0.05) is 6.61 Å². The van der Waals surface area contributed by atoms with Crippen LogP contribution in [0.3, 0.4) is 0 Å². The molecule has 1 rings (SSSR count). The Morgan fingerprint density at radius 3 is 2.76 bits per heavy atom. The molecule has 2 amide bonds. The number of hydrogen-bond acceptors (Lipinski definition) is 4. The molecule has 1 aliphatic heterocycles. The molecule has 4 N–H and O–H groups in total. The summed E-state index contributed by atoms with van der Waals surface area (Å²) in [7, 11) is 0. The zero-order chi connectivity index (χ0) is 12.9. The van der Waals surface area contributed by atoms with Crippen LogP contribution < -0.4 is 10.6 Å². The number of carboxylic acids is 1. The fourth-order valence-electron chi connectivity index (χ4n) is 1.42. The average Bonchev–Trinajstić information content (AvgIpc) is 2.28. The van der Waals surface area contributed by atoms with E-state index in [1.165, 1.54) is 0 Å². The van der Waals surface area contributed by atoms with Gasteiger partial charge in [0.2, 0.25) is 0 Å². The second-order valence-electron chi connectivity index (χ2n) is 4.32. The average molecular weight is 246 g/mol. The molecule has 2 unspecified atom stereocenters. The first-order valence-electron chi connectivity index (χ1n) is 5.50. The maximum atomic E-state index is 11.4. The standard InChI is InChI=1S/C10H18N2O5/c1-10(16,8(13)14)6-11-9(15)12-7-3-2-4-17-5-7/h7,16H,2-6H2,1H3,(H,13,14)(H2,11,12,15). The van der Waals surface area contributed by atoms with Crippen molar-refractivity contribution < 1.29 is 24.5 Å². The first kappa shape index (κ1) is 13.7. The van der Waals surface area contributed by atoms with Crippen LogP contribution in [0.25, 0.3) is 0 Å². The minimum absolute atomic E-state index is 0.0569. The van der Waals surface area contributed by atoms with E-state index < -0.39 is 17.6 Å². The summed E-state index contributed by atoms with van der Waals surface area (Å²) in [5.74, 6) is -1.38. The van der Waals surface area contributed by atoms with Crippen LogP contribution in [0.15, 0.2) is 0 Å². The number of aliphatic hydroxyl groups is 1. The molecule has 0 aliphatic carbocycles. The van der Waals surface area contributed by atoms with Crippen LogP contribution in [-0.4, -0.2) is 53.6 Å². The SMILES string of the molecule is CC(O)(CNC(=O)NC1CCCOC1)C(=O)O. The van der Waals surface area contributed by atoms with Crippen molar-refractivity contribution in [3.8, 4) is 0 Å². The summed E-state index contributed by atoms with van der Waals surface area (Å²) in [6.45, 7) is 1.94. The van der Waals surface area contributed by atoms with Gasteiger partial charge >= 0.3 is 12.0 Å². The number of carboxylic acid groups (broad SMARTS) is 1. The third kappa shape index (κ3) is 4.58. The maximum absolute atomic E-state index is 11.4. The molecule has 0 aromatic carbocycles. The topological polar surface area (TPSA) is 108 Å². The van der Waals surface area contributed by atoms with Gasteiger partial charge in [0.15, 0.2) is 5.60 Å². The highest BCUT2D eigenvalue weighted by atomic mass is 16.5. The zero-order valence-electron chi connectivity index (χ0n) is 9.73. The molecule has 0 bridgehead atoms. The van der Waals surface area contributed by atoms with E-state index in [9.17, 15) is 14.7 Å². The highest BCUT2D eigenvalue weighted by Gasteiger charge is 2.30. The van der Waals surface area contributed by atoms with Crippen molar-refractivity contribution in [1.82, 2.24) is 10.6 Å². The van der Waals surface area contributed by atoms with Crippen LogP contribution in [0.1, 0.15) is 19.8 Å². The molecule has 2 atom stereocenters. The van der Waals surface area contributed by atoms with Crippen molar-refractivity contribution in [3.05, 3.63) is 0 Å². The van der Waals surface area contributed by atoms with Crippen molar-refractivity contribution in [3.63, 3.8) is 0 Å². The number of urea groups is 1. The fourth-order valence-corrected chi connectivity index (χ4v) is 1.42. The minimum Gasteiger partial charge on any atom is -0.479 e. The Labute approximate surface area is 99.1 Å². The van der Waals surface area contributed by atoms with Crippen LogP contribution in [0.4, 0.5) is 4.79 Å². The van der Waals surface area contributed by atoms with Gasteiger partial charge in [-0.3, -0.25) is 0 Å². The molecule has 7 nitrogen and oxygen atoms in total. The van der Waals surface area contributed by atoms with Crippen molar-refractivity contribution >= 4 is 12.0 Å². The van der Waals surface area contributed by atoms with Gasteiger partial charge < -0.3 is 25.6 Å². The quantitative estimate of drug-likeness (QED) is 0.524. The van der Waals surface area contributed by atoms with E-state index in [1.807, 2.05) is 0 Å². The van der Waals surface area contributed by atoms with Crippen molar-refractivity contribution in [2.24, 2.45) is 0 Å². The summed E-state index contributed by atoms with van der Waals surface area (Å²) in [6, 6.07) is -0.555. The first-order chi connectivity index (χ1) is 7.92. The molecule has 1 aliphatic rings. The van der Waals surface area contributed by atoms with Gasteiger partial charge in [-0.25, -0.2) is 9.59 Å². The van der Waals surface area contributed by atoms with Crippen LogP contribution >= 0.6 is 0 Å². The Balaban J connectivity index is 2.27. The molecule has 17 heavy (non-hydrogen) atoms. The number of carbonyl (C=O) groups excluding carboxylic acids is 1. The third-order valence-electron chi connectivity index (χ3n) is 2.55. The molecule has 0 saturated carbocycles. The highest BCUT2D eigenvalue weighted by Crippen LogP contribution is 2.05. The van der Waals surface area contributed by atoms with Gasteiger partial charge in [0.25, 0.3) is 0 Å². The van der Waals surface area contributed by atoms with Gasteiger partial charge in [-0.05, 0) is 19.8 Å². The predicted octanol–water partition coefficient (Wildman–Crippen LogP) is -0.700. The van der Waals surface area contributed by atoms with Gasteiger partial charge in [-0.2, -0.15) is 0 Å². The molecule has 7 heteroatoms. The molecule has 98 valence electrons. The Morgan fingerprint density at radius 2 is 2.24 bits per heavy atom. The van der Waals surface area contributed by atoms with Gasteiger partial charge in [-0.1, -0.05) is 0 Å². The van der Waals surface area contributed by atoms with Crippen molar-refractivity contribution in [2.45, 2.75) is 31.4 Å². The summed E-state index contributed by atoms with van der Waals surface area (Å²) < 4.78 is 5.18. The molecular weight excluding hydrogens is 228 g/mol. The Hall–Kier alpha value is -1.34. The van der Waals surface area contributed by atoms with E-state index in [1.54, 1.807) is 0 Å². The molecule has 0 radical (unpaired) electrons. The summed E-state index contributed by atoms with van der Waals surface area (Å²) in [5, 5.41) is 23.0. The van der Waals surface area contributed by atoms with E-state index in [2.05, 4.69) is 10.6 Å². The lowest BCUT2D eigenvalue weighted by molar-refractivity contribution is -0.155. The van der Waals surface area contributed by atoms with Gasteiger partial charge in [0.1, 0.15) is 0 Å². The molecule has 1 heterocycles. The van der Waals surface area contributed by atoms with Crippen LogP contribution in [0.2, 0.25) is 0 Å². The Morgan fingerprint density at radius 1 is 1.53 bits per heavy atom. The number of carbonyl (C=O) groups is 2. The molecular formula is C10H18N2O5. The van der Waals surface area contributed by atoms with E-state index >= 15 is 0 Å². The van der Waals surface area contributed by atoms with E-state index in [0.717, 1.165) is 19.8 Å². The van der Waals surface area contributed by atoms with Crippen LogP contribution in [-0.2, 0) is 9.53 Å². The number of aliphatic carboxylic acids is 1. The van der Waals surface area contributed by atoms with E-state index in [0.29, 0.717) is 13.2 Å². The molecule has 1 saturated heterocycles. The second-order valence-corrected chi connectivity index (χ2v) is 4.32. The fraction of sp³-hybridized carbons (Fsp3) is 0.800.